The summed E-state index contributed by atoms with van der Waals surface area (Å²) in [5.74, 6) is -2.54. The summed E-state index contributed by atoms with van der Waals surface area (Å²) in [7, 11) is 0. The van der Waals surface area contributed by atoms with Crippen LogP contribution in [0, 0.1) is 13.8 Å². The first-order valence-corrected chi connectivity index (χ1v) is 5.92. The number of carbonyl (C=O) groups is 3. The molecule has 1 rings (SSSR count). The number of hydrogen-bond donors (Lipinski definition) is 2. The van der Waals surface area contributed by atoms with Crippen LogP contribution in [0.25, 0.3) is 0 Å². The quantitative estimate of drug-likeness (QED) is 0.718. The van der Waals surface area contributed by atoms with Crippen LogP contribution in [-0.2, 0) is 14.4 Å². The fourth-order valence-corrected chi connectivity index (χ4v) is 1.50. The van der Waals surface area contributed by atoms with Crippen LogP contribution in [0.4, 0.5) is 5.69 Å². The number of hydrogen-bond acceptors (Lipinski definition) is 4. The zero-order valence-corrected chi connectivity index (χ0v) is 11.2. The Balaban J connectivity index is 2.55. The molecule has 0 saturated heterocycles. The van der Waals surface area contributed by atoms with Crippen LogP contribution in [0.15, 0.2) is 30.4 Å². The number of carboxylic acid groups (broad SMARTS) is 1. The van der Waals surface area contributed by atoms with Gasteiger partial charge in [-0.1, -0.05) is 17.7 Å². The van der Waals surface area contributed by atoms with Crippen molar-refractivity contribution >= 4 is 23.5 Å². The van der Waals surface area contributed by atoms with Gasteiger partial charge in [0.25, 0.3) is 0 Å². The third-order valence-electron chi connectivity index (χ3n) is 2.43. The van der Waals surface area contributed by atoms with Crippen LogP contribution in [0.1, 0.15) is 11.1 Å². The van der Waals surface area contributed by atoms with Gasteiger partial charge in [-0.05, 0) is 25.5 Å². The van der Waals surface area contributed by atoms with Gasteiger partial charge < -0.3 is 20.5 Å². The van der Waals surface area contributed by atoms with Crippen molar-refractivity contribution in [2.45, 2.75) is 13.8 Å². The van der Waals surface area contributed by atoms with E-state index in [-0.39, 0.29) is 0 Å². The first kappa shape index (κ1) is 15.4. The Kier molecular flexibility index (Phi) is 5.46. The molecule has 1 aromatic rings. The maximum absolute atomic E-state index is 11.6. The molecule has 0 atom stereocenters. The molecule has 0 spiro atoms. The van der Waals surface area contributed by atoms with E-state index >= 15 is 0 Å². The Labute approximate surface area is 116 Å². The summed E-state index contributed by atoms with van der Waals surface area (Å²) in [6.07, 6.45) is 1.99. The van der Waals surface area contributed by atoms with Gasteiger partial charge in [-0.25, -0.2) is 0 Å². The zero-order valence-electron chi connectivity index (χ0n) is 11.2. The van der Waals surface area contributed by atoms with E-state index in [0.717, 1.165) is 23.3 Å². The molecule has 6 nitrogen and oxygen atoms in total. The highest BCUT2D eigenvalue weighted by molar-refractivity contribution is 6.04. The van der Waals surface area contributed by atoms with Gasteiger partial charge in [0.05, 0.1) is 12.5 Å². The smallest absolute Gasteiger partial charge is 0.248 e. The maximum Gasteiger partial charge on any atom is 0.248 e. The van der Waals surface area contributed by atoms with Gasteiger partial charge in [0.15, 0.2) is 0 Å². The van der Waals surface area contributed by atoms with E-state index in [1.54, 1.807) is 6.07 Å². The lowest BCUT2D eigenvalue weighted by atomic mass is 10.1. The van der Waals surface area contributed by atoms with Gasteiger partial charge in [0.1, 0.15) is 0 Å². The lowest BCUT2D eigenvalue weighted by Crippen LogP contribution is -2.37. The van der Waals surface area contributed by atoms with Crippen molar-refractivity contribution in [1.29, 1.82) is 0 Å². The van der Waals surface area contributed by atoms with Crippen molar-refractivity contribution in [2.24, 2.45) is 0 Å². The fraction of sp³-hybridized carbons (Fsp3) is 0.214. The van der Waals surface area contributed by atoms with E-state index < -0.39 is 24.3 Å². The molecule has 0 aliphatic rings. The van der Waals surface area contributed by atoms with Crippen LogP contribution in [-0.4, -0.2) is 24.3 Å². The van der Waals surface area contributed by atoms with Crippen molar-refractivity contribution in [3.63, 3.8) is 0 Å². The molecule has 106 valence electrons. The van der Waals surface area contributed by atoms with E-state index in [1.807, 2.05) is 26.0 Å². The summed E-state index contributed by atoms with van der Waals surface area (Å²) in [6, 6.07) is 5.55. The third kappa shape index (κ3) is 5.34. The summed E-state index contributed by atoms with van der Waals surface area (Å²) < 4.78 is 0. The predicted molar refractivity (Wildman–Crippen MR) is 71.7 cm³/mol. The number of aryl methyl sites for hydroxylation is 2. The average molecular weight is 275 g/mol. The zero-order chi connectivity index (χ0) is 15.1. The molecule has 0 saturated carbocycles. The van der Waals surface area contributed by atoms with Crippen molar-refractivity contribution < 1.29 is 19.5 Å². The number of amides is 2. The molecular weight excluding hydrogens is 260 g/mol. The highest BCUT2D eigenvalue weighted by Crippen LogP contribution is 2.15. The summed E-state index contributed by atoms with van der Waals surface area (Å²) in [5, 5.41) is 14.8. The Hall–Kier alpha value is -2.63. The largest absolute Gasteiger partial charge is 0.548 e. The number of aliphatic carboxylic acids is 1. The molecule has 6 heteroatoms. The third-order valence-corrected chi connectivity index (χ3v) is 2.43. The molecule has 0 aliphatic carbocycles. The van der Waals surface area contributed by atoms with E-state index in [1.165, 1.54) is 0 Å². The van der Waals surface area contributed by atoms with Crippen molar-refractivity contribution in [3.8, 4) is 0 Å². The molecule has 2 N–H and O–H groups in total. The van der Waals surface area contributed by atoms with E-state index in [2.05, 4.69) is 10.6 Å². The molecular formula is C14H15N2O4-. The molecule has 0 radical (unpaired) electrons. The lowest BCUT2D eigenvalue weighted by molar-refractivity contribution is -0.303. The standard InChI is InChI=1S/C14H16N2O4/c1-9-3-4-11(10(2)7-9)16-13(18)6-5-12(17)15-8-14(19)20/h3-7H,8H2,1-2H3,(H,15,17)(H,16,18)(H,19,20)/p-1/b6-5-. The molecule has 0 fully saturated rings. The highest BCUT2D eigenvalue weighted by atomic mass is 16.4. The monoisotopic (exact) mass is 275 g/mol. The minimum atomic E-state index is -1.40. The van der Waals surface area contributed by atoms with E-state index in [4.69, 9.17) is 0 Å². The second kappa shape index (κ2) is 7.08. The van der Waals surface area contributed by atoms with Gasteiger partial charge in [0.2, 0.25) is 11.8 Å². The molecule has 0 heterocycles. The SMILES string of the molecule is Cc1ccc(NC(=O)/C=C\C(=O)NCC(=O)[O-])c(C)c1. The van der Waals surface area contributed by atoms with E-state index in [0.29, 0.717) is 5.69 Å². The molecule has 2 amide bonds. The van der Waals surface area contributed by atoms with Gasteiger partial charge in [-0.2, -0.15) is 0 Å². The Morgan fingerprint density at radius 3 is 2.40 bits per heavy atom. The van der Waals surface area contributed by atoms with Crippen LogP contribution >= 0.6 is 0 Å². The summed E-state index contributed by atoms with van der Waals surface area (Å²) >= 11 is 0. The van der Waals surface area contributed by atoms with Crippen molar-refractivity contribution in [2.75, 3.05) is 11.9 Å². The van der Waals surface area contributed by atoms with Gasteiger partial charge in [-0.15, -0.1) is 0 Å². The molecule has 0 bridgehead atoms. The minimum absolute atomic E-state index is 0.472. The van der Waals surface area contributed by atoms with Crippen LogP contribution in [0.2, 0.25) is 0 Å². The van der Waals surface area contributed by atoms with Crippen molar-refractivity contribution in [3.05, 3.63) is 41.5 Å². The predicted octanol–water partition coefficient (Wildman–Crippen LogP) is -0.336. The van der Waals surface area contributed by atoms with Gasteiger partial charge >= 0.3 is 0 Å². The second-order valence-electron chi connectivity index (χ2n) is 4.23. The Morgan fingerprint density at radius 2 is 1.80 bits per heavy atom. The van der Waals surface area contributed by atoms with E-state index in [9.17, 15) is 19.5 Å². The fourth-order valence-electron chi connectivity index (χ4n) is 1.50. The van der Waals surface area contributed by atoms with Crippen LogP contribution < -0.4 is 15.7 Å². The Morgan fingerprint density at radius 1 is 1.15 bits per heavy atom. The number of nitrogens with one attached hydrogen (secondary N) is 2. The summed E-state index contributed by atoms with van der Waals surface area (Å²) in [5.41, 5.74) is 2.64. The molecule has 20 heavy (non-hydrogen) atoms. The first-order chi connectivity index (χ1) is 9.38. The van der Waals surface area contributed by atoms with Gasteiger partial charge in [0, 0.05) is 17.8 Å². The lowest BCUT2D eigenvalue weighted by Gasteiger charge is -2.07. The summed E-state index contributed by atoms with van der Waals surface area (Å²) in [6.45, 7) is 3.21. The van der Waals surface area contributed by atoms with Crippen molar-refractivity contribution in [1.82, 2.24) is 5.32 Å². The molecule has 1 aromatic carbocycles. The maximum atomic E-state index is 11.6. The number of rotatable bonds is 5. The topological polar surface area (TPSA) is 98.3 Å². The van der Waals surface area contributed by atoms with Gasteiger partial charge in [-0.3, -0.25) is 9.59 Å². The molecule has 0 unspecified atom stereocenters. The summed E-state index contributed by atoms with van der Waals surface area (Å²) in [4.78, 5) is 32.9. The number of carbonyl (C=O) groups excluding carboxylic acids is 3. The van der Waals surface area contributed by atoms with Crippen LogP contribution in [0.5, 0.6) is 0 Å². The normalized spacial score (nSPS) is 10.3. The average Bonchev–Trinajstić information content (AvgIpc) is 2.37. The molecule has 0 aliphatic heterocycles. The number of benzene rings is 1. The number of anilines is 1. The highest BCUT2D eigenvalue weighted by Gasteiger charge is 2.02. The minimum Gasteiger partial charge on any atom is -0.548 e. The second-order valence-corrected chi connectivity index (χ2v) is 4.23. The first-order valence-electron chi connectivity index (χ1n) is 5.92. The Bertz CT molecular complexity index is 564. The van der Waals surface area contributed by atoms with Crippen LogP contribution in [0.3, 0.4) is 0 Å². The molecule has 0 aromatic heterocycles. The number of carboxylic acids is 1.